The second-order valence-corrected chi connectivity index (χ2v) is 8.08. The van der Waals surface area contributed by atoms with Crippen molar-refractivity contribution < 1.29 is 0 Å². The molecule has 2 heteroatoms. The first-order valence-electron chi connectivity index (χ1n) is 6.77. The van der Waals surface area contributed by atoms with Crippen LogP contribution in [0.5, 0.6) is 0 Å². The van der Waals surface area contributed by atoms with Gasteiger partial charge in [0.1, 0.15) is 0 Å². The fourth-order valence-corrected chi connectivity index (χ4v) is 4.09. The number of thioether (sulfide) groups is 1. The lowest BCUT2D eigenvalue weighted by Crippen LogP contribution is -2.44. The molecular weight excluding hydrogens is 226 g/mol. The SMILES string of the molecule is C=CCSCCNC1CC(C)(C)CC(C)(C)C1. The van der Waals surface area contributed by atoms with E-state index in [-0.39, 0.29) is 0 Å². The molecule has 0 spiro atoms. The molecule has 0 atom stereocenters. The van der Waals surface area contributed by atoms with E-state index in [9.17, 15) is 0 Å². The Kier molecular flexibility index (Phi) is 5.59. The van der Waals surface area contributed by atoms with Gasteiger partial charge >= 0.3 is 0 Å². The van der Waals surface area contributed by atoms with Gasteiger partial charge < -0.3 is 5.32 Å². The Bertz CT molecular complexity index is 229. The minimum Gasteiger partial charge on any atom is -0.313 e. The third kappa shape index (κ3) is 5.96. The molecule has 0 unspecified atom stereocenters. The molecular formula is C15H29NS. The molecule has 1 N–H and O–H groups in total. The molecule has 100 valence electrons. The number of rotatable bonds is 6. The van der Waals surface area contributed by atoms with Gasteiger partial charge in [0, 0.05) is 24.1 Å². The van der Waals surface area contributed by atoms with Gasteiger partial charge in [0.05, 0.1) is 0 Å². The highest BCUT2D eigenvalue weighted by atomic mass is 32.2. The summed E-state index contributed by atoms with van der Waals surface area (Å²) in [5.41, 5.74) is 0.987. The molecule has 0 heterocycles. The van der Waals surface area contributed by atoms with Crippen molar-refractivity contribution in [1.29, 1.82) is 0 Å². The molecule has 1 saturated carbocycles. The van der Waals surface area contributed by atoms with E-state index in [1.807, 2.05) is 17.8 Å². The molecule has 0 aromatic heterocycles. The van der Waals surface area contributed by atoms with E-state index in [2.05, 4.69) is 39.6 Å². The Morgan fingerprint density at radius 3 is 2.35 bits per heavy atom. The van der Waals surface area contributed by atoms with E-state index in [4.69, 9.17) is 0 Å². The van der Waals surface area contributed by atoms with E-state index < -0.39 is 0 Å². The van der Waals surface area contributed by atoms with Crippen LogP contribution < -0.4 is 5.32 Å². The van der Waals surface area contributed by atoms with E-state index in [0.717, 1.165) is 12.3 Å². The van der Waals surface area contributed by atoms with Crippen LogP contribution in [0.4, 0.5) is 0 Å². The average Bonchev–Trinajstić information content (AvgIpc) is 2.12. The van der Waals surface area contributed by atoms with Gasteiger partial charge in [-0.3, -0.25) is 0 Å². The standard InChI is InChI=1S/C15H29NS/c1-6-8-17-9-7-16-13-10-14(2,3)12-15(4,5)11-13/h6,13,16H,1,7-12H2,2-5H3. The maximum Gasteiger partial charge on any atom is 0.0111 e. The zero-order valence-corrected chi connectivity index (χ0v) is 12.8. The largest absolute Gasteiger partial charge is 0.313 e. The molecule has 0 aromatic carbocycles. The van der Waals surface area contributed by atoms with Crippen LogP contribution in [0, 0.1) is 10.8 Å². The first-order chi connectivity index (χ1) is 7.85. The first-order valence-corrected chi connectivity index (χ1v) is 7.92. The molecule has 17 heavy (non-hydrogen) atoms. The van der Waals surface area contributed by atoms with Gasteiger partial charge in [-0.2, -0.15) is 11.8 Å². The fourth-order valence-electron chi connectivity index (χ4n) is 3.49. The monoisotopic (exact) mass is 255 g/mol. The van der Waals surface area contributed by atoms with E-state index in [1.165, 1.54) is 25.0 Å². The molecule has 0 aromatic rings. The Balaban J connectivity index is 2.30. The summed E-state index contributed by atoms with van der Waals surface area (Å²) in [6.45, 7) is 14.5. The second-order valence-electron chi connectivity index (χ2n) is 6.93. The van der Waals surface area contributed by atoms with Gasteiger partial charge in [-0.1, -0.05) is 33.8 Å². The third-order valence-electron chi connectivity index (χ3n) is 3.47. The lowest BCUT2D eigenvalue weighted by molar-refractivity contribution is 0.0860. The van der Waals surface area contributed by atoms with Crippen LogP contribution in [-0.4, -0.2) is 24.1 Å². The number of hydrogen-bond donors (Lipinski definition) is 1. The molecule has 0 radical (unpaired) electrons. The van der Waals surface area contributed by atoms with Crippen molar-refractivity contribution >= 4 is 11.8 Å². The van der Waals surface area contributed by atoms with Gasteiger partial charge in [-0.25, -0.2) is 0 Å². The second kappa shape index (κ2) is 6.29. The minimum absolute atomic E-state index is 0.494. The number of nitrogens with one attached hydrogen (secondary N) is 1. The van der Waals surface area contributed by atoms with Crippen LogP contribution >= 0.6 is 11.8 Å². The van der Waals surface area contributed by atoms with Crippen LogP contribution in [0.1, 0.15) is 47.0 Å². The zero-order valence-electron chi connectivity index (χ0n) is 12.0. The van der Waals surface area contributed by atoms with Crippen LogP contribution in [0.25, 0.3) is 0 Å². The van der Waals surface area contributed by atoms with Crippen molar-refractivity contribution in [1.82, 2.24) is 5.32 Å². The minimum atomic E-state index is 0.494. The van der Waals surface area contributed by atoms with Crippen LogP contribution in [0.15, 0.2) is 12.7 Å². The molecule has 1 aliphatic carbocycles. The van der Waals surface area contributed by atoms with Gasteiger partial charge in [0.2, 0.25) is 0 Å². The highest BCUT2D eigenvalue weighted by Crippen LogP contribution is 2.45. The van der Waals surface area contributed by atoms with E-state index in [1.54, 1.807) is 0 Å². The summed E-state index contributed by atoms with van der Waals surface area (Å²) in [5, 5.41) is 3.74. The summed E-state index contributed by atoms with van der Waals surface area (Å²) in [5.74, 6) is 2.27. The zero-order chi connectivity index (χ0) is 12.9. The van der Waals surface area contributed by atoms with Crippen molar-refractivity contribution in [3.8, 4) is 0 Å². The van der Waals surface area contributed by atoms with E-state index >= 15 is 0 Å². The van der Waals surface area contributed by atoms with Gasteiger partial charge in [-0.05, 0) is 30.1 Å². The van der Waals surface area contributed by atoms with Crippen molar-refractivity contribution in [3.05, 3.63) is 12.7 Å². The highest BCUT2D eigenvalue weighted by Gasteiger charge is 2.37. The molecule has 1 nitrogen and oxygen atoms in total. The highest BCUT2D eigenvalue weighted by molar-refractivity contribution is 7.99. The van der Waals surface area contributed by atoms with Crippen molar-refractivity contribution in [2.24, 2.45) is 10.8 Å². The number of hydrogen-bond acceptors (Lipinski definition) is 2. The Morgan fingerprint density at radius 1 is 1.24 bits per heavy atom. The van der Waals surface area contributed by atoms with Crippen molar-refractivity contribution in [3.63, 3.8) is 0 Å². The summed E-state index contributed by atoms with van der Waals surface area (Å²) in [7, 11) is 0. The molecule has 0 aliphatic heterocycles. The fraction of sp³-hybridized carbons (Fsp3) is 0.867. The van der Waals surface area contributed by atoms with Crippen molar-refractivity contribution in [2.75, 3.05) is 18.1 Å². The predicted molar refractivity (Wildman–Crippen MR) is 80.7 cm³/mol. The summed E-state index contributed by atoms with van der Waals surface area (Å²) in [6, 6.07) is 0.707. The summed E-state index contributed by atoms with van der Waals surface area (Å²) < 4.78 is 0. The summed E-state index contributed by atoms with van der Waals surface area (Å²) in [4.78, 5) is 0. The summed E-state index contributed by atoms with van der Waals surface area (Å²) >= 11 is 1.96. The smallest absolute Gasteiger partial charge is 0.0111 e. The van der Waals surface area contributed by atoms with Gasteiger partial charge in [0.25, 0.3) is 0 Å². The predicted octanol–water partition coefficient (Wildman–Crippen LogP) is 4.10. The molecule has 0 saturated heterocycles. The Labute approximate surface area is 112 Å². The van der Waals surface area contributed by atoms with Gasteiger partial charge in [0.15, 0.2) is 0 Å². The van der Waals surface area contributed by atoms with Crippen molar-refractivity contribution in [2.45, 2.75) is 53.0 Å². The Hall–Kier alpha value is 0.0500. The topological polar surface area (TPSA) is 12.0 Å². The lowest BCUT2D eigenvalue weighted by Gasteiger charge is -2.45. The lowest BCUT2D eigenvalue weighted by atomic mass is 9.63. The van der Waals surface area contributed by atoms with Gasteiger partial charge in [-0.15, -0.1) is 6.58 Å². The normalized spacial score (nSPS) is 23.5. The maximum atomic E-state index is 3.74. The van der Waals surface area contributed by atoms with Crippen LogP contribution in [-0.2, 0) is 0 Å². The first kappa shape index (κ1) is 15.1. The molecule has 1 aliphatic rings. The third-order valence-corrected chi connectivity index (χ3v) is 4.43. The Morgan fingerprint density at radius 2 is 1.82 bits per heavy atom. The maximum absolute atomic E-state index is 3.74. The molecule has 0 amide bonds. The summed E-state index contributed by atoms with van der Waals surface area (Å²) in [6.07, 6.45) is 5.98. The average molecular weight is 255 g/mol. The molecule has 1 rings (SSSR count). The molecule has 1 fully saturated rings. The molecule has 0 bridgehead atoms. The van der Waals surface area contributed by atoms with E-state index in [0.29, 0.717) is 16.9 Å². The van der Waals surface area contributed by atoms with Crippen LogP contribution in [0.2, 0.25) is 0 Å². The van der Waals surface area contributed by atoms with Crippen LogP contribution in [0.3, 0.4) is 0 Å². The quantitative estimate of drug-likeness (QED) is 0.566.